The number of hydrogen-bond acceptors (Lipinski definition) is 4. The Hall–Kier alpha value is -0.170. The second-order valence-electron chi connectivity index (χ2n) is 7.17. The summed E-state index contributed by atoms with van der Waals surface area (Å²) in [5.74, 6) is 0.462. The number of ether oxygens (including phenoxy) is 1. The zero-order valence-electron chi connectivity index (χ0n) is 13.6. The van der Waals surface area contributed by atoms with Gasteiger partial charge in [0, 0.05) is 37.7 Å². The third kappa shape index (κ3) is 4.91. The first kappa shape index (κ1) is 17.2. The minimum atomic E-state index is -3.05. The molecule has 2 aliphatic rings. The monoisotopic (exact) mass is 318 g/mol. The van der Waals surface area contributed by atoms with Crippen LogP contribution < -0.4 is 5.32 Å². The highest BCUT2D eigenvalue weighted by atomic mass is 32.2. The van der Waals surface area contributed by atoms with E-state index >= 15 is 0 Å². The van der Waals surface area contributed by atoms with Gasteiger partial charge in [-0.05, 0) is 31.6 Å². The Balaban J connectivity index is 1.96. The molecule has 124 valence electrons. The average molecular weight is 318 g/mol. The molecule has 1 N–H and O–H groups in total. The summed E-state index contributed by atoms with van der Waals surface area (Å²) >= 11 is 0. The maximum atomic E-state index is 11.8. The molecule has 0 aromatic heterocycles. The van der Waals surface area contributed by atoms with Crippen LogP contribution in [-0.2, 0) is 14.8 Å². The van der Waals surface area contributed by atoms with E-state index in [2.05, 4.69) is 19.2 Å². The van der Waals surface area contributed by atoms with Gasteiger partial charge in [-0.3, -0.25) is 0 Å². The molecule has 2 aliphatic heterocycles. The molecule has 5 nitrogen and oxygen atoms in total. The molecule has 2 fully saturated rings. The molecular formula is C15H30N2O3S. The van der Waals surface area contributed by atoms with Crippen molar-refractivity contribution in [2.24, 2.45) is 11.3 Å². The molecule has 0 spiro atoms. The average Bonchev–Trinajstić information content (AvgIpc) is 2.85. The molecule has 0 aromatic carbocycles. The molecule has 0 aromatic rings. The fourth-order valence-electron chi connectivity index (χ4n) is 3.55. The van der Waals surface area contributed by atoms with E-state index in [1.165, 1.54) is 6.26 Å². The van der Waals surface area contributed by atoms with Gasteiger partial charge in [0.15, 0.2) is 0 Å². The van der Waals surface area contributed by atoms with E-state index in [0.29, 0.717) is 25.0 Å². The van der Waals surface area contributed by atoms with Crippen LogP contribution in [0, 0.1) is 11.3 Å². The predicted molar refractivity (Wildman–Crippen MR) is 84.8 cm³/mol. The summed E-state index contributed by atoms with van der Waals surface area (Å²) in [7, 11) is -3.05. The third-order valence-electron chi connectivity index (χ3n) is 4.74. The second-order valence-corrected chi connectivity index (χ2v) is 9.15. The predicted octanol–water partition coefficient (Wildman–Crippen LogP) is 1.45. The lowest BCUT2D eigenvalue weighted by Crippen LogP contribution is -2.44. The van der Waals surface area contributed by atoms with Gasteiger partial charge in [0.2, 0.25) is 10.0 Å². The molecule has 2 atom stereocenters. The summed E-state index contributed by atoms with van der Waals surface area (Å²) in [4.78, 5) is 0. The minimum absolute atomic E-state index is 0.190. The van der Waals surface area contributed by atoms with Crippen LogP contribution in [0.4, 0.5) is 0 Å². The topological polar surface area (TPSA) is 58.6 Å². The van der Waals surface area contributed by atoms with Crippen LogP contribution in [0.3, 0.4) is 0 Å². The van der Waals surface area contributed by atoms with Crippen LogP contribution >= 0.6 is 0 Å². The quantitative estimate of drug-likeness (QED) is 0.805. The molecule has 2 rings (SSSR count). The van der Waals surface area contributed by atoms with E-state index < -0.39 is 10.0 Å². The normalized spacial score (nSPS) is 31.9. The smallest absolute Gasteiger partial charge is 0.211 e. The second kappa shape index (κ2) is 6.94. The molecule has 2 unspecified atom stereocenters. The lowest BCUT2D eigenvalue weighted by atomic mass is 9.76. The number of hydrogen-bond donors (Lipinski definition) is 1. The van der Waals surface area contributed by atoms with E-state index in [9.17, 15) is 8.42 Å². The number of nitrogens with zero attached hydrogens (tertiary/aromatic N) is 1. The number of piperidine rings is 1. The molecule has 2 heterocycles. The highest BCUT2D eigenvalue weighted by Crippen LogP contribution is 2.38. The summed E-state index contributed by atoms with van der Waals surface area (Å²) in [6, 6.07) is 0.473. The van der Waals surface area contributed by atoms with Crippen molar-refractivity contribution < 1.29 is 13.2 Å². The van der Waals surface area contributed by atoms with Gasteiger partial charge in [0.05, 0.1) is 12.9 Å². The third-order valence-corrected chi connectivity index (χ3v) is 6.01. The molecule has 21 heavy (non-hydrogen) atoms. The zero-order valence-corrected chi connectivity index (χ0v) is 14.4. The van der Waals surface area contributed by atoms with Gasteiger partial charge in [-0.15, -0.1) is 0 Å². The van der Waals surface area contributed by atoms with Gasteiger partial charge in [-0.25, -0.2) is 12.7 Å². The Morgan fingerprint density at radius 3 is 2.76 bits per heavy atom. The fourth-order valence-corrected chi connectivity index (χ4v) is 4.49. The first-order valence-corrected chi connectivity index (χ1v) is 9.92. The highest BCUT2D eigenvalue weighted by molar-refractivity contribution is 7.88. The van der Waals surface area contributed by atoms with Crippen LogP contribution in [0.2, 0.25) is 0 Å². The number of sulfonamides is 1. The maximum absolute atomic E-state index is 11.8. The maximum Gasteiger partial charge on any atom is 0.211 e. The highest BCUT2D eigenvalue weighted by Gasteiger charge is 2.38. The Morgan fingerprint density at radius 1 is 1.43 bits per heavy atom. The van der Waals surface area contributed by atoms with Crippen molar-refractivity contribution in [2.45, 2.75) is 45.6 Å². The lowest BCUT2D eigenvalue weighted by Gasteiger charge is -2.37. The lowest BCUT2D eigenvalue weighted by molar-refractivity contribution is 0.114. The zero-order chi connectivity index (χ0) is 15.5. The fraction of sp³-hybridized carbons (Fsp3) is 1.00. The van der Waals surface area contributed by atoms with E-state index in [1.54, 1.807) is 4.31 Å². The Morgan fingerprint density at radius 2 is 2.19 bits per heavy atom. The van der Waals surface area contributed by atoms with Crippen molar-refractivity contribution in [1.82, 2.24) is 9.62 Å². The van der Waals surface area contributed by atoms with Crippen molar-refractivity contribution >= 4 is 10.0 Å². The molecule has 0 radical (unpaired) electrons. The molecular weight excluding hydrogens is 288 g/mol. The molecule has 2 saturated heterocycles. The molecule has 0 bridgehead atoms. The van der Waals surface area contributed by atoms with Crippen molar-refractivity contribution in [2.75, 3.05) is 39.1 Å². The van der Waals surface area contributed by atoms with E-state index in [4.69, 9.17) is 4.74 Å². The van der Waals surface area contributed by atoms with Gasteiger partial charge in [-0.2, -0.15) is 0 Å². The number of rotatable bonds is 6. The van der Waals surface area contributed by atoms with E-state index in [0.717, 1.165) is 45.4 Å². The van der Waals surface area contributed by atoms with Gasteiger partial charge >= 0.3 is 0 Å². The molecule has 0 amide bonds. The first-order chi connectivity index (χ1) is 9.81. The van der Waals surface area contributed by atoms with Crippen molar-refractivity contribution in [3.8, 4) is 0 Å². The van der Waals surface area contributed by atoms with Crippen LogP contribution in [0.5, 0.6) is 0 Å². The van der Waals surface area contributed by atoms with Gasteiger partial charge < -0.3 is 10.1 Å². The Bertz CT molecular complexity index is 430. The largest absolute Gasteiger partial charge is 0.381 e. The molecule has 6 heteroatoms. The standard InChI is InChI=1S/C15H30N2O3S/c1-13(2)16-11-15(6-8-20-12-15)9-14-5-4-7-17(10-14)21(3,18)19/h13-14,16H,4-12H2,1-3H3. The Labute approximate surface area is 129 Å². The van der Waals surface area contributed by atoms with Crippen molar-refractivity contribution in [3.63, 3.8) is 0 Å². The van der Waals surface area contributed by atoms with Crippen molar-refractivity contribution in [3.05, 3.63) is 0 Å². The van der Waals surface area contributed by atoms with Crippen LogP contribution in [-0.4, -0.2) is 57.9 Å². The minimum Gasteiger partial charge on any atom is -0.381 e. The van der Waals surface area contributed by atoms with Gasteiger partial charge in [-0.1, -0.05) is 13.8 Å². The summed E-state index contributed by atoms with van der Waals surface area (Å²) in [6.07, 6.45) is 5.59. The van der Waals surface area contributed by atoms with Gasteiger partial charge in [0.25, 0.3) is 0 Å². The van der Waals surface area contributed by atoms with E-state index in [-0.39, 0.29) is 5.41 Å². The van der Waals surface area contributed by atoms with Crippen LogP contribution in [0.1, 0.15) is 39.5 Å². The number of nitrogens with one attached hydrogen (secondary N) is 1. The van der Waals surface area contributed by atoms with Gasteiger partial charge in [0.1, 0.15) is 0 Å². The first-order valence-electron chi connectivity index (χ1n) is 8.07. The summed E-state index contributed by atoms with van der Waals surface area (Å²) in [5.41, 5.74) is 0.190. The van der Waals surface area contributed by atoms with Crippen LogP contribution in [0.25, 0.3) is 0 Å². The van der Waals surface area contributed by atoms with E-state index in [1.807, 2.05) is 0 Å². The summed E-state index contributed by atoms with van der Waals surface area (Å²) in [5, 5.41) is 3.55. The van der Waals surface area contributed by atoms with Crippen molar-refractivity contribution in [1.29, 1.82) is 0 Å². The van der Waals surface area contributed by atoms with Crippen LogP contribution in [0.15, 0.2) is 0 Å². The molecule has 0 saturated carbocycles. The molecule has 0 aliphatic carbocycles. The SMILES string of the molecule is CC(C)NCC1(CC2CCCN(S(C)(=O)=O)C2)CCOC1. The summed E-state index contributed by atoms with van der Waals surface area (Å²) < 4.78 is 30.8. The Kier molecular flexibility index (Phi) is 5.68. The summed E-state index contributed by atoms with van der Waals surface area (Å²) in [6.45, 7) is 8.31.